The Morgan fingerprint density at radius 2 is 1.39 bits per heavy atom. The van der Waals surface area contributed by atoms with E-state index in [4.69, 9.17) is 0 Å². The molecular formula is C26H28IrN-. The fraction of sp³-hybridized carbons (Fsp3) is 0.346. The molecule has 0 amide bonds. The summed E-state index contributed by atoms with van der Waals surface area (Å²) in [5.74, 6) is 0. The Morgan fingerprint density at radius 3 is 2.07 bits per heavy atom. The number of fused-ring (bicyclic) bond motifs is 1. The average Bonchev–Trinajstić information content (AvgIpc) is 2.77. The molecule has 1 nitrogen and oxygen atoms in total. The van der Waals surface area contributed by atoms with Crippen LogP contribution in [0.4, 0.5) is 0 Å². The Bertz CT molecular complexity index is 1000. The number of benzene rings is 2. The SMILES string of the molecule is CC1(C)c2c[c-]c(-c3cc(-c4ccccc4)ccn3)cc2C(C)(C)C1(C)C.[Ir]. The smallest absolute Gasteiger partial charge is 0.0166 e. The molecule has 1 aliphatic carbocycles. The largest absolute Gasteiger partial charge is 0.305 e. The predicted molar refractivity (Wildman–Crippen MR) is 114 cm³/mol. The number of rotatable bonds is 2. The van der Waals surface area contributed by atoms with Crippen molar-refractivity contribution in [3.05, 3.63) is 78.0 Å². The van der Waals surface area contributed by atoms with Crippen molar-refractivity contribution >= 4 is 0 Å². The molecule has 0 unspecified atom stereocenters. The van der Waals surface area contributed by atoms with Crippen molar-refractivity contribution in [3.63, 3.8) is 0 Å². The van der Waals surface area contributed by atoms with Gasteiger partial charge < -0.3 is 4.98 Å². The average molecular weight is 547 g/mol. The molecule has 4 rings (SSSR count). The van der Waals surface area contributed by atoms with Gasteiger partial charge in [-0.05, 0) is 39.1 Å². The van der Waals surface area contributed by atoms with E-state index in [-0.39, 0.29) is 36.4 Å². The van der Waals surface area contributed by atoms with Gasteiger partial charge in [0.25, 0.3) is 0 Å². The van der Waals surface area contributed by atoms with Gasteiger partial charge in [-0.2, -0.15) is 0 Å². The third-order valence-corrected chi connectivity index (χ3v) is 7.57. The number of hydrogen-bond acceptors (Lipinski definition) is 1. The first-order valence-electron chi connectivity index (χ1n) is 9.75. The van der Waals surface area contributed by atoms with Crippen molar-refractivity contribution < 1.29 is 20.1 Å². The predicted octanol–water partition coefficient (Wildman–Crippen LogP) is 6.81. The minimum Gasteiger partial charge on any atom is -0.305 e. The van der Waals surface area contributed by atoms with Crippen molar-refractivity contribution in [3.8, 4) is 22.4 Å². The number of pyridine rings is 1. The summed E-state index contributed by atoms with van der Waals surface area (Å²) in [6.45, 7) is 14.3. The maximum Gasteiger partial charge on any atom is 0.0166 e. The Hall–Kier alpha value is -1.76. The fourth-order valence-electron chi connectivity index (χ4n) is 4.52. The first-order chi connectivity index (χ1) is 12.7. The Labute approximate surface area is 183 Å². The van der Waals surface area contributed by atoms with Gasteiger partial charge in [-0.25, -0.2) is 0 Å². The zero-order valence-corrected chi connectivity index (χ0v) is 19.9. The van der Waals surface area contributed by atoms with Crippen LogP contribution in [-0.2, 0) is 30.9 Å². The first-order valence-corrected chi connectivity index (χ1v) is 9.75. The molecule has 0 spiro atoms. The van der Waals surface area contributed by atoms with Gasteiger partial charge in [0.15, 0.2) is 0 Å². The van der Waals surface area contributed by atoms with Crippen molar-refractivity contribution in [2.75, 3.05) is 0 Å². The molecule has 0 aliphatic heterocycles. The zero-order valence-electron chi connectivity index (χ0n) is 17.6. The van der Waals surface area contributed by atoms with Crippen LogP contribution in [0.1, 0.15) is 52.7 Å². The van der Waals surface area contributed by atoms with E-state index in [1.54, 1.807) is 0 Å². The van der Waals surface area contributed by atoms with Crippen molar-refractivity contribution in [2.24, 2.45) is 5.41 Å². The van der Waals surface area contributed by atoms with Crippen molar-refractivity contribution in [1.82, 2.24) is 4.98 Å². The van der Waals surface area contributed by atoms with Crippen molar-refractivity contribution in [1.29, 1.82) is 0 Å². The second kappa shape index (κ2) is 6.94. The molecular weight excluding hydrogens is 519 g/mol. The van der Waals surface area contributed by atoms with E-state index < -0.39 is 0 Å². The molecule has 0 atom stereocenters. The summed E-state index contributed by atoms with van der Waals surface area (Å²) in [4.78, 5) is 4.65. The third-order valence-electron chi connectivity index (χ3n) is 7.57. The second-order valence-corrected chi connectivity index (χ2v) is 9.34. The van der Waals surface area contributed by atoms with Crippen LogP contribution in [0.3, 0.4) is 0 Å². The Kier molecular flexibility index (Phi) is 5.19. The summed E-state index contributed by atoms with van der Waals surface area (Å²) in [6.07, 6.45) is 1.90. The molecule has 2 aromatic carbocycles. The summed E-state index contributed by atoms with van der Waals surface area (Å²) in [7, 11) is 0. The summed E-state index contributed by atoms with van der Waals surface area (Å²) in [5.41, 5.74) is 7.67. The zero-order chi connectivity index (χ0) is 19.4. The molecule has 0 saturated heterocycles. The quantitative estimate of drug-likeness (QED) is 0.322. The van der Waals surface area contributed by atoms with Crippen LogP contribution in [0.5, 0.6) is 0 Å². The van der Waals surface area contributed by atoms with E-state index in [0.717, 1.165) is 11.3 Å². The van der Waals surface area contributed by atoms with Gasteiger partial charge in [0.05, 0.1) is 0 Å². The van der Waals surface area contributed by atoms with Crippen LogP contribution >= 0.6 is 0 Å². The van der Waals surface area contributed by atoms with Crippen LogP contribution in [0, 0.1) is 11.5 Å². The summed E-state index contributed by atoms with van der Waals surface area (Å²) >= 11 is 0. The molecule has 1 aliphatic rings. The minimum atomic E-state index is 0. The van der Waals surface area contributed by atoms with E-state index in [1.165, 1.54) is 22.3 Å². The molecule has 2 heteroatoms. The molecule has 28 heavy (non-hydrogen) atoms. The summed E-state index contributed by atoms with van der Waals surface area (Å²) in [6, 6.07) is 22.8. The molecule has 3 aromatic rings. The topological polar surface area (TPSA) is 12.9 Å². The third kappa shape index (κ3) is 2.90. The molecule has 0 bridgehead atoms. The maximum absolute atomic E-state index is 4.65. The number of aromatic nitrogens is 1. The fourth-order valence-corrected chi connectivity index (χ4v) is 4.52. The minimum absolute atomic E-state index is 0. The molecule has 1 radical (unpaired) electrons. The van der Waals surface area contributed by atoms with Gasteiger partial charge in [-0.15, -0.1) is 34.9 Å². The van der Waals surface area contributed by atoms with E-state index >= 15 is 0 Å². The normalized spacial score (nSPS) is 18.2. The number of hydrogen-bond donors (Lipinski definition) is 0. The monoisotopic (exact) mass is 547 g/mol. The molecule has 0 saturated carbocycles. The Morgan fingerprint density at radius 1 is 0.750 bits per heavy atom. The van der Waals surface area contributed by atoms with E-state index in [0.29, 0.717) is 0 Å². The van der Waals surface area contributed by atoms with Gasteiger partial charge in [0.1, 0.15) is 0 Å². The van der Waals surface area contributed by atoms with Gasteiger partial charge >= 0.3 is 0 Å². The van der Waals surface area contributed by atoms with Gasteiger partial charge in [0.2, 0.25) is 0 Å². The first kappa shape index (κ1) is 21.0. The van der Waals surface area contributed by atoms with Crippen LogP contribution in [0.15, 0.2) is 60.8 Å². The van der Waals surface area contributed by atoms with E-state index in [1.807, 2.05) is 12.3 Å². The Balaban J connectivity index is 0.00000225. The molecule has 0 fully saturated rings. The summed E-state index contributed by atoms with van der Waals surface area (Å²) < 4.78 is 0. The van der Waals surface area contributed by atoms with Crippen LogP contribution < -0.4 is 0 Å². The van der Waals surface area contributed by atoms with Crippen LogP contribution in [0.2, 0.25) is 0 Å². The standard InChI is InChI=1S/C26H28N.Ir/c1-24(2)21-13-12-20(16-22(21)25(3,4)26(24,5)6)23-17-19(14-15-27-23)18-10-8-7-9-11-18;/h7-11,13-17H,1-6H3;/q-1;. The van der Waals surface area contributed by atoms with Crippen molar-refractivity contribution in [2.45, 2.75) is 52.4 Å². The number of nitrogens with zero attached hydrogens (tertiary/aromatic N) is 1. The maximum atomic E-state index is 4.65. The molecule has 147 valence electrons. The van der Waals surface area contributed by atoms with Gasteiger partial charge in [-0.3, -0.25) is 0 Å². The van der Waals surface area contributed by atoms with E-state index in [9.17, 15) is 0 Å². The van der Waals surface area contributed by atoms with Crippen LogP contribution in [-0.4, -0.2) is 4.98 Å². The second-order valence-electron chi connectivity index (χ2n) is 9.34. The molecule has 0 N–H and O–H groups in total. The van der Waals surface area contributed by atoms with Gasteiger partial charge in [0, 0.05) is 26.3 Å². The van der Waals surface area contributed by atoms with E-state index in [2.05, 4.69) is 101 Å². The molecule has 1 aromatic heterocycles. The molecule has 1 heterocycles. The summed E-state index contributed by atoms with van der Waals surface area (Å²) in [5, 5.41) is 0. The van der Waals surface area contributed by atoms with Crippen LogP contribution in [0.25, 0.3) is 22.4 Å². The van der Waals surface area contributed by atoms with Gasteiger partial charge in [-0.1, -0.05) is 77.9 Å².